The second kappa shape index (κ2) is 6.00. The van der Waals surface area contributed by atoms with Crippen molar-refractivity contribution in [3.8, 4) is 11.4 Å². The molecule has 0 aromatic carbocycles. The molecular weight excluding hydrogens is 272 g/mol. The van der Waals surface area contributed by atoms with Crippen molar-refractivity contribution in [3.05, 3.63) is 36.7 Å². The molecule has 20 heavy (non-hydrogen) atoms. The number of nitrogens with one attached hydrogen (secondary N) is 1. The van der Waals surface area contributed by atoms with Gasteiger partial charge in [-0.3, -0.25) is 9.78 Å². The Balaban J connectivity index is 1.63. The maximum atomic E-state index is 11.6. The molecule has 1 aliphatic carbocycles. The van der Waals surface area contributed by atoms with Crippen molar-refractivity contribution in [3.63, 3.8) is 0 Å². The maximum Gasteiger partial charge on any atom is 0.230 e. The first kappa shape index (κ1) is 13.1. The Morgan fingerprint density at radius 3 is 2.85 bits per heavy atom. The van der Waals surface area contributed by atoms with Gasteiger partial charge in [-0.2, -0.15) is 0 Å². The fourth-order valence-electron chi connectivity index (χ4n) is 1.69. The summed E-state index contributed by atoms with van der Waals surface area (Å²) in [5.74, 6) is 0.395. The molecule has 1 aliphatic rings. The zero-order valence-electron chi connectivity index (χ0n) is 10.8. The second-order valence-corrected chi connectivity index (χ2v) is 5.51. The van der Waals surface area contributed by atoms with Crippen LogP contribution in [0.3, 0.4) is 0 Å². The van der Waals surface area contributed by atoms with E-state index >= 15 is 0 Å². The molecule has 5 nitrogen and oxygen atoms in total. The molecule has 0 bridgehead atoms. The zero-order valence-corrected chi connectivity index (χ0v) is 11.6. The lowest BCUT2D eigenvalue weighted by Gasteiger charge is -2.04. The molecule has 0 spiro atoms. The molecule has 1 N–H and O–H groups in total. The average Bonchev–Trinajstić information content (AvgIpc) is 3.30. The summed E-state index contributed by atoms with van der Waals surface area (Å²) in [4.78, 5) is 24.5. The van der Waals surface area contributed by atoms with E-state index in [0.717, 1.165) is 24.2 Å². The van der Waals surface area contributed by atoms with Crippen LogP contribution in [0.1, 0.15) is 12.8 Å². The number of nitrogens with zero attached hydrogens (tertiary/aromatic N) is 3. The van der Waals surface area contributed by atoms with E-state index in [4.69, 9.17) is 0 Å². The quantitative estimate of drug-likeness (QED) is 0.671. The van der Waals surface area contributed by atoms with Crippen molar-refractivity contribution in [2.24, 2.45) is 0 Å². The summed E-state index contributed by atoms with van der Waals surface area (Å²) in [6, 6.07) is 7.89. The van der Waals surface area contributed by atoms with Crippen LogP contribution in [0, 0.1) is 0 Å². The Morgan fingerprint density at radius 2 is 2.10 bits per heavy atom. The van der Waals surface area contributed by atoms with Crippen LogP contribution in [-0.4, -0.2) is 32.7 Å². The largest absolute Gasteiger partial charge is 0.353 e. The third-order valence-corrected chi connectivity index (χ3v) is 3.70. The fraction of sp³-hybridized carbons (Fsp3) is 0.286. The Hall–Kier alpha value is -1.95. The third-order valence-electron chi connectivity index (χ3n) is 2.84. The Morgan fingerprint density at radius 1 is 1.20 bits per heavy atom. The predicted molar refractivity (Wildman–Crippen MR) is 77.2 cm³/mol. The lowest BCUT2D eigenvalue weighted by Crippen LogP contribution is -2.27. The average molecular weight is 286 g/mol. The van der Waals surface area contributed by atoms with E-state index in [1.165, 1.54) is 11.8 Å². The van der Waals surface area contributed by atoms with Gasteiger partial charge in [-0.15, -0.1) is 0 Å². The van der Waals surface area contributed by atoms with Crippen LogP contribution >= 0.6 is 11.8 Å². The Bertz CT molecular complexity index is 601. The van der Waals surface area contributed by atoms with Gasteiger partial charge in [-0.1, -0.05) is 17.8 Å². The molecule has 6 heteroatoms. The normalized spacial score (nSPS) is 14.0. The second-order valence-electron chi connectivity index (χ2n) is 4.57. The topological polar surface area (TPSA) is 67.8 Å². The number of aromatic nitrogens is 3. The number of amides is 1. The summed E-state index contributed by atoms with van der Waals surface area (Å²) in [7, 11) is 0. The van der Waals surface area contributed by atoms with E-state index in [1.807, 2.05) is 24.3 Å². The minimum atomic E-state index is 0.0457. The zero-order chi connectivity index (χ0) is 13.8. The monoisotopic (exact) mass is 286 g/mol. The van der Waals surface area contributed by atoms with E-state index < -0.39 is 0 Å². The number of hydrogen-bond acceptors (Lipinski definition) is 5. The van der Waals surface area contributed by atoms with Crippen molar-refractivity contribution < 1.29 is 4.79 Å². The van der Waals surface area contributed by atoms with Gasteiger partial charge >= 0.3 is 0 Å². The van der Waals surface area contributed by atoms with Crippen LogP contribution in [0.15, 0.2) is 41.8 Å². The van der Waals surface area contributed by atoms with Crippen molar-refractivity contribution in [1.82, 2.24) is 20.3 Å². The molecule has 0 unspecified atom stereocenters. The van der Waals surface area contributed by atoms with Gasteiger partial charge in [-0.05, 0) is 31.0 Å². The van der Waals surface area contributed by atoms with E-state index in [1.54, 1.807) is 12.4 Å². The molecule has 1 amide bonds. The molecule has 0 atom stereocenters. The molecule has 0 aliphatic heterocycles. The van der Waals surface area contributed by atoms with Crippen LogP contribution in [-0.2, 0) is 4.79 Å². The van der Waals surface area contributed by atoms with Crippen LogP contribution in [0.5, 0.6) is 0 Å². The number of pyridine rings is 1. The SMILES string of the molecule is O=C(CSc1nccc(-c2ccccn2)n1)NC1CC1. The summed E-state index contributed by atoms with van der Waals surface area (Å²) < 4.78 is 0. The van der Waals surface area contributed by atoms with Crippen molar-refractivity contribution in [2.75, 3.05) is 5.75 Å². The van der Waals surface area contributed by atoms with Gasteiger partial charge in [0, 0.05) is 18.4 Å². The Labute approximate surface area is 121 Å². The van der Waals surface area contributed by atoms with Gasteiger partial charge in [0.05, 0.1) is 17.1 Å². The highest BCUT2D eigenvalue weighted by Gasteiger charge is 2.23. The number of hydrogen-bond donors (Lipinski definition) is 1. The van der Waals surface area contributed by atoms with Crippen LogP contribution < -0.4 is 5.32 Å². The highest BCUT2D eigenvalue weighted by Crippen LogP contribution is 2.20. The van der Waals surface area contributed by atoms with Crippen LogP contribution in [0.25, 0.3) is 11.4 Å². The molecule has 102 valence electrons. The fourth-order valence-corrected chi connectivity index (χ4v) is 2.34. The van der Waals surface area contributed by atoms with Gasteiger partial charge < -0.3 is 5.32 Å². The van der Waals surface area contributed by atoms with Gasteiger partial charge in [0.15, 0.2) is 5.16 Å². The minimum Gasteiger partial charge on any atom is -0.353 e. The van der Waals surface area contributed by atoms with E-state index in [-0.39, 0.29) is 5.91 Å². The minimum absolute atomic E-state index is 0.0457. The molecule has 1 saturated carbocycles. The molecule has 3 rings (SSSR count). The first-order chi connectivity index (χ1) is 9.81. The lowest BCUT2D eigenvalue weighted by atomic mass is 10.3. The smallest absolute Gasteiger partial charge is 0.230 e. The van der Waals surface area contributed by atoms with Crippen LogP contribution in [0.2, 0.25) is 0 Å². The van der Waals surface area contributed by atoms with Gasteiger partial charge in [-0.25, -0.2) is 9.97 Å². The number of carbonyl (C=O) groups excluding carboxylic acids is 1. The van der Waals surface area contributed by atoms with Crippen molar-refractivity contribution in [2.45, 2.75) is 24.0 Å². The molecule has 2 aromatic rings. The summed E-state index contributed by atoms with van der Waals surface area (Å²) in [5.41, 5.74) is 1.57. The summed E-state index contributed by atoms with van der Waals surface area (Å²) in [6.07, 6.45) is 5.62. The molecule has 0 radical (unpaired) electrons. The summed E-state index contributed by atoms with van der Waals surface area (Å²) in [6.45, 7) is 0. The standard InChI is InChI=1S/C14H14N4OS/c19-13(17-10-4-5-10)9-20-14-16-8-6-12(18-14)11-3-1-2-7-15-11/h1-3,6-8,10H,4-5,9H2,(H,17,19). The summed E-state index contributed by atoms with van der Waals surface area (Å²) >= 11 is 1.35. The number of rotatable bonds is 5. The molecule has 2 aromatic heterocycles. The lowest BCUT2D eigenvalue weighted by molar-refractivity contribution is -0.118. The third kappa shape index (κ3) is 3.54. The highest BCUT2D eigenvalue weighted by molar-refractivity contribution is 7.99. The first-order valence-electron chi connectivity index (χ1n) is 6.48. The van der Waals surface area contributed by atoms with Crippen LogP contribution in [0.4, 0.5) is 0 Å². The highest BCUT2D eigenvalue weighted by atomic mass is 32.2. The number of carbonyl (C=O) groups is 1. The predicted octanol–water partition coefficient (Wildman–Crippen LogP) is 1.91. The van der Waals surface area contributed by atoms with E-state index in [9.17, 15) is 4.79 Å². The van der Waals surface area contributed by atoms with Gasteiger partial charge in [0.1, 0.15) is 0 Å². The van der Waals surface area contributed by atoms with Gasteiger partial charge in [0.2, 0.25) is 5.91 Å². The van der Waals surface area contributed by atoms with Crippen molar-refractivity contribution >= 4 is 17.7 Å². The molecule has 2 heterocycles. The van der Waals surface area contributed by atoms with E-state index in [0.29, 0.717) is 17.0 Å². The van der Waals surface area contributed by atoms with E-state index in [2.05, 4.69) is 20.3 Å². The molecular formula is C14H14N4OS. The van der Waals surface area contributed by atoms with Crippen molar-refractivity contribution in [1.29, 1.82) is 0 Å². The maximum absolute atomic E-state index is 11.6. The first-order valence-corrected chi connectivity index (χ1v) is 7.46. The molecule has 1 fully saturated rings. The number of thioether (sulfide) groups is 1. The van der Waals surface area contributed by atoms with Gasteiger partial charge in [0.25, 0.3) is 0 Å². The Kier molecular flexibility index (Phi) is 3.92. The summed E-state index contributed by atoms with van der Waals surface area (Å²) in [5, 5.41) is 3.54. The molecule has 0 saturated heterocycles.